The Morgan fingerprint density at radius 1 is 0.885 bits per heavy atom. The normalized spacial score (nSPS) is 32.0. The van der Waals surface area contributed by atoms with Gasteiger partial charge in [-0.3, -0.25) is 0 Å². The highest BCUT2D eigenvalue weighted by molar-refractivity contribution is 5.46. The highest BCUT2D eigenvalue weighted by atomic mass is 16.7. The smallest absolute Gasteiger partial charge is 0.231 e. The number of benzene rings is 2. The van der Waals surface area contributed by atoms with E-state index in [0.717, 1.165) is 5.56 Å². The second-order valence-electron chi connectivity index (χ2n) is 6.90. The fourth-order valence-electron chi connectivity index (χ4n) is 4.06. The summed E-state index contributed by atoms with van der Waals surface area (Å²) in [7, 11) is 0. The number of phenols is 2. The molecular weight excluding hydrogens is 340 g/mol. The molecule has 0 aromatic heterocycles. The van der Waals surface area contributed by atoms with E-state index < -0.39 is 17.8 Å². The van der Waals surface area contributed by atoms with Crippen LogP contribution in [0.4, 0.5) is 0 Å². The van der Waals surface area contributed by atoms with Crippen molar-refractivity contribution in [2.45, 2.75) is 17.8 Å². The van der Waals surface area contributed by atoms with Crippen molar-refractivity contribution >= 4 is 0 Å². The Labute approximate surface area is 149 Å². The van der Waals surface area contributed by atoms with E-state index in [-0.39, 0.29) is 30.8 Å². The van der Waals surface area contributed by atoms with Crippen LogP contribution >= 0.6 is 0 Å². The second kappa shape index (κ2) is 5.51. The maximum absolute atomic E-state index is 11.3. The predicted molar refractivity (Wildman–Crippen MR) is 88.2 cm³/mol. The van der Waals surface area contributed by atoms with Gasteiger partial charge in [-0.2, -0.15) is 0 Å². The van der Waals surface area contributed by atoms with Crippen molar-refractivity contribution in [1.29, 1.82) is 0 Å². The van der Waals surface area contributed by atoms with Crippen molar-refractivity contribution < 1.29 is 34.3 Å². The fourth-order valence-corrected chi connectivity index (χ4v) is 4.06. The zero-order valence-electron chi connectivity index (χ0n) is 13.8. The Hall–Kier alpha value is -2.48. The number of rotatable bonds is 2. The van der Waals surface area contributed by atoms with E-state index in [1.54, 1.807) is 6.07 Å². The van der Waals surface area contributed by atoms with Crippen LogP contribution in [0.5, 0.6) is 23.0 Å². The molecule has 3 heterocycles. The highest BCUT2D eigenvalue weighted by Crippen LogP contribution is 2.54. The summed E-state index contributed by atoms with van der Waals surface area (Å²) in [6, 6.07) is 10.0. The third-order valence-electron chi connectivity index (χ3n) is 5.43. The average molecular weight is 358 g/mol. The molecule has 2 fully saturated rings. The molecule has 0 aliphatic carbocycles. The molecule has 7 nitrogen and oxygen atoms in total. The molecule has 136 valence electrons. The van der Waals surface area contributed by atoms with E-state index in [1.165, 1.54) is 12.1 Å². The molecule has 4 unspecified atom stereocenters. The number of phenolic OH excluding ortho intramolecular Hbond substituents is 2. The molecule has 26 heavy (non-hydrogen) atoms. The standard InChI is InChI=1S/C19H18O7/c20-13-3-1-10(5-14(13)21)17-12-7-23-18(19(12,22)8-24-17)11-2-4-15-16(6-11)26-9-25-15/h1-6,12,17-18,20-22H,7-9H2. The summed E-state index contributed by atoms with van der Waals surface area (Å²) in [6.07, 6.45) is -0.969. The maximum Gasteiger partial charge on any atom is 0.231 e. The van der Waals surface area contributed by atoms with Gasteiger partial charge in [-0.05, 0) is 35.4 Å². The quantitative estimate of drug-likeness (QED) is 0.707. The topological polar surface area (TPSA) is 97.6 Å². The molecule has 0 saturated carbocycles. The highest BCUT2D eigenvalue weighted by Gasteiger charge is 2.59. The largest absolute Gasteiger partial charge is 0.504 e. The summed E-state index contributed by atoms with van der Waals surface area (Å²) in [6.45, 7) is 0.623. The van der Waals surface area contributed by atoms with E-state index in [2.05, 4.69) is 0 Å². The molecule has 0 amide bonds. The summed E-state index contributed by atoms with van der Waals surface area (Å²) in [5.41, 5.74) is 0.305. The first kappa shape index (κ1) is 15.7. The molecule has 0 radical (unpaired) electrons. The molecule has 2 aromatic rings. The molecule has 3 aliphatic rings. The zero-order valence-corrected chi connectivity index (χ0v) is 13.8. The van der Waals surface area contributed by atoms with Crippen LogP contribution in [-0.4, -0.2) is 40.9 Å². The van der Waals surface area contributed by atoms with Crippen molar-refractivity contribution in [3.05, 3.63) is 47.5 Å². The Kier molecular flexibility index (Phi) is 3.34. The van der Waals surface area contributed by atoms with E-state index in [9.17, 15) is 15.3 Å². The second-order valence-corrected chi connectivity index (χ2v) is 6.90. The van der Waals surface area contributed by atoms with Gasteiger partial charge in [0, 0.05) is 5.92 Å². The van der Waals surface area contributed by atoms with Crippen LogP contribution in [0.15, 0.2) is 36.4 Å². The monoisotopic (exact) mass is 358 g/mol. The number of hydrogen-bond donors (Lipinski definition) is 3. The van der Waals surface area contributed by atoms with E-state index in [4.69, 9.17) is 18.9 Å². The number of aliphatic hydroxyl groups is 1. The lowest BCUT2D eigenvalue weighted by molar-refractivity contribution is -0.0628. The predicted octanol–water partition coefficient (Wildman–Crippen LogP) is 2.02. The summed E-state index contributed by atoms with van der Waals surface area (Å²) < 4.78 is 22.6. The van der Waals surface area contributed by atoms with Crippen LogP contribution in [0.25, 0.3) is 0 Å². The fraction of sp³-hybridized carbons (Fsp3) is 0.368. The van der Waals surface area contributed by atoms with Crippen LogP contribution in [-0.2, 0) is 9.47 Å². The van der Waals surface area contributed by atoms with Gasteiger partial charge in [-0.25, -0.2) is 0 Å². The number of fused-ring (bicyclic) bond motifs is 2. The SMILES string of the molecule is Oc1ccc(C2OCC3(O)C(c4ccc5c(c4)OCO5)OCC23)cc1O. The molecule has 0 bridgehead atoms. The van der Waals surface area contributed by atoms with Crippen LogP contribution in [0.1, 0.15) is 23.3 Å². The molecule has 2 saturated heterocycles. The maximum atomic E-state index is 11.3. The Bertz CT molecular complexity index is 867. The lowest BCUT2D eigenvalue weighted by Gasteiger charge is -2.27. The van der Waals surface area contributed by atoms with Gasteiger partial charge in [-0.1, -0.05) is 12.1 Å². The summed E-state index contributed by atoms with van der Waals surface area (Å²) in [4.78, 5) is 0. The van der Waals surface area contributed by atoms with Gasteiger partial charge in [-0.15, -0.1) is 0 Å². The van der Waals surface area contributed by atoms with Crippen molar-refractivity contribution in [3.63, 3.8) is 0 Å². The zero-order chi connectivity index (χ0) is 17.9. The van der Waals surface area contributed by atoms with Gasteiger partial charge in [0.2, 0.25) is 6.79 Å². The Morgan fingerprint density at radius 3 is 2.54 bits per heavy atom. The number of ether oxygens (including phenoxy) is 4. The van der Waals surface area contributed by atoms with Gasteiger partial charge < -0.3 is 34.3 Å². The van der Waals surface area contributed by atoms with E-state index >= 15 is 0 Å². The molecule has 0 spiro atoms. The minimum atomic E-state index is -1.19. The summed E-state index contributed by atoms with van der Waals surface area (Å²) >= 11 is 0. The van der Waals surface area contributed by atoms with Crippen LogP contribution < -0.4 is 9.47 Å². The molecule has 3 N–H and O–H groups in total. The number of aromatic hydroxyl groups is 2. The van der Waals surface area contributed by atoms with Crippen LogP contribution in [0, 0.1) is 5.92 Å². The lowest BCUT2D eigenvalue weighted by atomic mass is 9.81. The van der Waals surface area contributed by atoms with Gasteiger partial charge in [0.05, 0.1) is 19.3 Å². The van der Waals surface area contributed by atoms with Crippen molar-refractivity contribution in [3.8, 4) is 23.0 Å². The molecule has 2 aromatic carbocycles. The molecule has 7 heteroatoms. The van der Waals surface area contributed by atoms with Gasteiger partial charge in [0.25, 0.3) is 0 Å². The molecule has 4 atom stereocenters. The third kappa shape index (κ3) is 2.18. The molecule has 5 rings (SSSR count). The van der Waals surface area contributed by atoms with E-state index in [0.29, 0.717) is 23.7 Å². The number of hydrogen-bond acceptors (Lipinski definition) is 7. The Balaban J connectivity index is 1.45. The average Bonchev–Trinajstić information content (AvgIpc) is 3.30. The lowest BCUT2D eigenvalue weighted by Crippen LogP contribution is -2.39. The minimum Gasteiger partial charge on any atom is -0.504 e. The summed E-state index contributed by atoms with van der Waals surface area (Å²) in [5.74, 6) is 0.616. The van der Waals surface area contributed by atoms with Gasteiger partial charge in [0.1, 0.15) is 11.7 Å². The molecular formula is C19H18O7. The van der Waals surface area contributed by atoms with Crippen molar-refractivity contribution in [1.82, 2.24) is 0 Å². The first-order valence-electron chi connectivity index (χ1n) is 8.43. The van der Waals surface area contributed by atoms with Gasteiger partial charge >= 0.3 is 0 Å². The first-order valence-corrected chi connectivity index (χ1v) is 8.43. The third-order valence-corrected chi connectivity index (χ3v) is 5.43. The molecule has 3 aliphatic heterocycles. The van der Waals surface area contributed by atoms with Gasteiger partial charge in [0.15, 0.2) is 23.0 Å². The van der Waals surface area contributed by atoms with Crippen molar-refractivity contribution in [2.75, 3.05) is 20.0 Å². The summed E-state index contributed by atoms with van der Waals surface area (Å²) in [5, 5.41) is 30.6. The van der Waals surface area contributed by atoms with Crippen LogP contribution in [0.3, 0.4) is 0 Å². The van der Waals surface area contributed by atoms with E-state index in [1.807, 2.05) is 18.2 Å². The van der Waals surface area contributed by atoms with Crippen LogP contribution in [0.2, 0.25) is 0 Å². The first-order chi connectivity index (χ1) is 12.6. The Morgan fingerprint density at radius 2 is 1.69 bits per heavy atom. The minimum absolute atomic E-state index is 0.114. The van der Waals surface area contributed by atoms with Crippen molar-refractivity contribution in [2.24, 2.45) is 5.92 Å².